The first-order valence-electron chi connectivity index (χ1n) is 5.39. The highest BCUT2D eigenvalue weighted by molar-refractivity contribution is 9.11. The Morgan fingerprint density at radius 2 is 1.94 bits per heavy atom. The van der Waals surface area contributed by atoms with E-state index in [0.717, 1.165) is 27.5 Å². The molecule has 0 heterocycles. The maximum atomic E-state index is 5.68. The van der Waals surface area contributed by atoms with Crippen molar-refractivity contribution in [3.8, 4) is 17.6 Å². The Morgan fingerprint density at radius 1 is 1.29 bits per heavy atom. The van der Waals surface area contributed by atoms with Gasteiger partial charge in [0.15, 0.2) is 0 Å². The normalized spacial score (nSPS) is 9.65. The molecule has 92 valence electrons. The van der Waals surface area contributed by atoms with Gasteiger partial charge < -0.3 is 10.5 Å². The Bertz CT molecular complexity index is 412. The third kappa shape index (κ3) is 4.71. The molecule has 0 radical (unpaired) electrons. The number of benzene rings is 1. The van der Waals surface area contributed by atoms with E-state index in [-0.39, 0.29) is 0 Å². The molecule has 2 N–H and O–H groups in total. The third-order valence-corrected chi connectivity index (χ3v) is 3.32. The van der Waals surface area contributed by atoms with Gasteiger partial charge in [-0.25, -0.2) is 0 Å². The van der Waals surface area contributed by atoms with E-state index in [1.807, 2.05) is 19.1 Å². The molecule has 0 aliphatic carbocycles. The monoisotopic (exact) mass is 359 g/mol. The van der Waals surface area contributed by atoms with Crippen LogP contribution in [0, 0.1) is 11.8 Å². The van der Waals surface area contributed by atoms with Gasteiger partial charge in [-0.1, -0.05) is 0 Å². The molecule has 0 saturated carbocycles. The maximum Gasteiger partial charge on any atom is 0.147 e. The van der Waals surface area contributed by atoms with Crippen LogP contribution < -0.4 is 10.5 Å². The van der Waals surface area contributed by atoms with E-state index >= 15 is 0 Å². The summed E-state index contributed by atoms with van der Waals surface area (Å²) in [7, 11) is 0. The molecule has 0 bridgehead atoms. The largest absolute Gasteiger partial charge is 0.490 e. The fourth-order valence-corrected chi connectivity index (χ4v) is 2.90. The molecule has 0 saturated heterocycles. The van der Waals surface area contributed by atoms with E-state index in [2.05, 4.69) is 43.7 Å². The fraction of sp³-hybridized carbons (Fsp3) is 0.385. The minimum absolute atomic E-state index is 0.592. The molecule has 0 atom stereocenters. The third-order valence-electron chi connectivity index (χ3n) is 2.14. The molecular weight excluding hydrogens is 346 g/mol. The number of ether oxygens (including phenoxy) is 1. The first-order chi connectivity index (χ1) is 8.19. The van der Waals surface area contributed by atoms with Gasteiger partial charge in [0.2, 0.25) is 0 Å². The van der Waals surface area contributed by atoms with Crippen LogP contribution in [0.25, 0.3) is 0 Å². The van der Waals surface area contributed by atoms with Crippen LogP contribution in [0.1, 0.15) is 18.9 Å². The van der Waals surface area contributed by atoms with Gasteiger partial charge >= 0.3 is 0 Å². The molecule has 4 heteroatoms. The van der Waals surface area contributed by atoms with Gasteiger partial charge in [-0.2, -0.15) is 0 Å². The molecule has 0 spiro atoms. The number of rotatable bonds is 5. The minimum Gasteiger partial charge on any atom is -0.490 e. The zero-order valence-corrected chi connectivity index (χ0v) is 12.9. The number of nitrogens with two attached hydrogens (primary N) is 1. The Morgan fingerprint density at radius 3 is 2.47 bits per heavy atom. The van der Waals surface area contributed by atoms with Crippen molar-refractivity contribution in [2.24, 2.45) is 5.73 Å². The molecule has 1 aromatic rings. The average molecular weight is 361 g/mol. The summed E-state index contributed by atoms with van der Waals surface area (Å²) in [6.07, 6.45) is 1.60. The second-order valence-electron chi connectivity index (χ2n) is 3.45. The summed E-state index contributed by atoms with van der Waals surface area (Å²) in [6.45, 7) is 3.06. The molecular formula is C13H15Br2NO. The SMILES string of the molecule is CC#CCCOc1c(Br)cc(CCN)cc1Br. The lowest BCUT2D eigenvalue weighted by Gasteiger charge is -2.11. The summed E-state index contributed by atoms with van der Waals surface area (Å²) >= 11 is 7.01. The van der Waals surface area contributed by atoms with E-state index in [4.69, 9.17) is 10.5 Å². The van der Waals surface area contributed by atoms with Crippen LogP contribution in [-0.4, -0.2) is 13.2 Å². The van der Waals surface area contributed by atoms with Gasteiger partial charge in [-0.15, -0.1) is 11.8 Å². The lowest BCUT2D eigenvalue weighted by molar-refractivity contribution is 0.323. The lowest BCUT2D eigenvalue weighted by Crippen LogP contribution is -2.03. The van der Waals surface area contributed by atoms with E-state index in [0.29, 0.717) is 13.2 Å². The molecule has 0 fully saturated rings. The number of hydrogen-bond acceptors (Lipinski definition) is 2. The molecule has 1 aromatic carbocycles. The molecule has 1 rings (SSSR count). The summed E-state index contributed by atoms with van der Waals surface area (Å²) in [5, 5.41) is 0. The van der Waals surface area contributed by atoms with E-state index in [9.17, 15) is 0 Å². The van der Waals surface area contributed by atoms with Crippen molar-refractivity contribution < 1.29 is 4.74 Å². The van der Waals surface area contributed by atoms with Gasteiger partial charge in [0.25, 0.3) is 0 Å². The Hall–Kier alpha value is -0.500. The van der Waals surface area contributed by atoms with Crippen molar-refractivity contribution in [3.05, 3.63) is 26.6 Å². The smallest absolute Gasteiger partial charge is 0.147 e. The molecule has 0 unspecified atom stereocenters. The summed E-state index contributed by atoms with van der Waals surface area (Å²) in [6, 6.07) is 4.08. The van der Waals surface area contributed by atoms with Crippen LogP contribution in [0.3, 0.4) is 0 Å². The summed E-state index contributed by atoms with van der Waals surface area (Å²) in [5.41, 5.74) is 6.72. The quantitative estimate of drug-likeness (QED) is 0.644. The standard InChI is InChI=1S/C13H15Br2NO/c1-2-3-4-7-17-13-11(14)8-10(5-6-16)9-12(13)15/h8-9H,4-7,16H2,1H3. The molecule has 17 heavy (non-hydrogen) atoms. The van der Waals surface area contributed by atoms with Crippen LogP contribution >= 0.6 is 31.9 Å². The zero-order valence-electron chi connectivity index (χ0n) is 9.72. The molecule has 0 aliphatic heterocycles. The van der Waals surface area contributed by atoms with E-state index < -0.39 is 0 Å². The highest BCUT2D eigenvalue weighted by Gasteiger charge is 2.08. The summed E-state index contributed by atoms with van der Waals surface area (Å²) < 4.78 is 7.56. The zero-order chi connectivity index (χ0) is 12.7. The van der Waals surface area contributed by atoms with Crippen LogP contribution in [0.5, 0.6) is 5.75 Å². The van der Waals surface area contributed by atoms with Crippen LogP contribution in [0.4, 0.5) is 0 Å². The van der Waals surface area contributed by atoms with Crippen LogP contribution in [0.15, 0.2) is 21.1 Å². The van der Waals surface area contributed by atoms with E-state index in [1.54, 1.807) is 0 Å². The maximum absolute atomic E-state index is 5.68. The predicted molar refractivity (Wildman–Crippen MR) is 78.2 cm³/mol. The van der Waals surface area contributed by atoms with Crippen molar-refractivity contribution in [2.45, 2.75) is 19.8 Å². The minimum atomic E-state index is 0.592. The summed E-state index contributed by atoms with van der Waals surface area (Å²) in [4.78, 5) is 0. The van der Waals surface area contributed by atoms with Gasteiger partial charge in [0.05, 0.1) is 15.6 Å². The van der Waals surface area contributed by atoms with Gasteiger partial charge in [0, 0.05) is 6.42 Å². The second kappa shape index (κ2) is 7.75. The van der Waals surface area contributed by atoms with Gasteiger partial charge in [-0.05, 0) is 69.4 Å². The number of hydrogen-bond donors (Lipinski definition) is 1. The fourth-order valence-electron chi connectivity index (χ4n) is 1.39. The highest BCUT2D eigenvalue weighted by Crippen LogP contribution is 2.34. The van der Waals surface area contributed by atoms with E-state index in [1.165, 1.54) is 5.56 Å². The van der Waals surface area contributed by atoms with Crippen molar-refractivity contribution in [2.75, 3.05) is 13.2 Å². The molecule has 2 nitrogen and oxygen atoms in total. The Labute approximate surface area is 119 Å². The van der Waals surface area contributed by atoms with Crippen molar-refractivity contribution in [1.29, 1.82) is 0 Å². The van der Waals surface area contributed by atoms with Crippen molar-refractivity contribution in [3.63, 3.8) is 0 Å². The Balaban J connectivity index is 2.74. The predicted octanol–water partition coefficient (Wildman–Crippen LogP) is 3.51. The molecule has 0 aliphatic rings. The van der Waals surface area contributed by atoms with Gasteiger partial charge in [-0.3, -0.25) is 0 Å². The Kier molecular flexibility index (Phi) is 6.64. The summed E-state index contributed by atoms with van der Waals surface area (Å²) in [5.74, 6) is 6.63. The van der Waals surface area contributed by atoms with Crippen LogP contribution in [-0.2, 0) is 6.42 Å². The van der Waals surface area contributed by atoms with Crippen molar-refractivity contribution in [1.82, 2.24) is 0 Å². The van der Waals surface area contributed by atoms with Crippen LogP contribution in [0.2, 0.25) is 0 Å². The number of halogens is 2. The highest BCUT2D eigenvalue weighted by atomic mass is 79.9. The topological polar surface area (TPSA) is 35.2 Å². The first kappa shape index (κ1) is 14.6. The average Bonchev–Trinajstić information content (AvgIpc) is 2.27. The second-order valence-corrected chi connectivity index (χ2v) is 5.16. The lowest BCUT2D eigenvalue weighted by atomic mass is 10.1. The van der Waals surface area contributed by atoms with Crippen molar-refractivity contribution >= 4 is 31.9 Å². The molecule has 0 amide bonds. The van der Waals surface area contributed by atoms with Gasteiger partial charge in [0.1, 0.15) is 5.75 Å². The first-order valence-corrected chi connectivity index (χ1v) is 6.98. The molecule has 0 aromatic heterocycles.